The summed E-state index contributed by atoms with van der Waals surface area (Å²) in [5.41, 5.74) is 5.75. The molecule has 1 aliphatic rings. The molecule has 0 aliphatic heterocycles. The molecule has 2 rings (SSSR count). The minimum absolute atomic E-state index is 0.0393. The van der Waals surface area contributed by atoms with E-state index >= 15 is 0 Å². The van der Waals surface area contributed by atoms with Gasteiger partial charge >= 0.3 is 5.97 Å². The third-order valence-electron chi connectivity index (χ3n) is 4.20. The standard InChI is InChI=1S/C15H19F2NO2/c16-10-3-4-12(17)11(7-10)13(18)8-15(9-14(19)20)5-1-2-6-15/h3-4,7,13H,1-2,5-6,8-9,18H2,(H,19,20). The smallest absolute Gasteiger partial charge is 0.303 e. The van der Waals surface area contributed by atoms with Gasteiger partial charge in [0, 0.05) is 11.6 Å². The third-order valence-corrected chi connectivity index (χ3v) is 4.20. The SMILES string of the molecule is NC(CC1(CC(=O)O)CCCC1)c1cc(F)ccc1F. The molecule has 5 heteroatoms. The summed E-state index contributed by atoms with van der Waals surface area (Å²) in [4.78, 5) is 11.0. The van der Waals surface area contributed by atoms with Crippen LogP contribution in [0.15, 0.2) is 18.2 Å². The van der Waals surface area contributed by atoms with E-state index < -0.39 is 23.6 Å². The quantitative estimate of drug-likeness (QED) is 0.870. The minimum Gasteiger partial charge on any atom is -0.481 e. The van der Waals surface area contributed by atoms with Crippen LogP contribution in [0.3, 0.4) is 0 Å². The van der Waals surface area contributed by atoms with Gasteiger partial charge in [0.05, 0.1) is 6.42 Å². The lowest BCUT2D eigenvalue weighted by Gasteiger charge is -2.30. The van der Waals surface area contributed by atoms with Crippen molar-refractivity contribution in [2.75, 3.05) is 0 Å². The highest BCUT2D eigenvalue weighted by Gasteiger charge is 2.38. The van der Waals surface area contributed by atoms with Crippen molar-refractivity contribution in [2.24, 2.45) is 11.1 Å². The summed E-state index contributed by atoms with van der Waals surface area (Å²) in [6.07, 6.45) is 3.91. The zero-order valence-corrected chi connectivity index (χ0v) is 11.2. The summed E-state index contributed by atoms with van der Waals surface area (Å²) in [5, 5.41) is 9.05. The van der Waals surface area contributed by atoms with Crippen LogP contribution in [-0.2, 0) is 4.79 Å². The van der Waals surface area contributed by atoms with Crippen LogP contribution < -0.4 is 5.73 Å². The van der Waals surface area contributed by atoms with E-state index in [2.05, 4.69) is 0 Å². The van der Waals surface area contributed by atoms with Crippen molar-refractivity contribution in [2.45, 2.75) is 44.6 Å². The zero-order valence-electron chi connectivity index (χ0n) is 11.2. The molecular weight excluding hydrogens is 264 g/mol. The molecule has 0 heterocycles. The van der Waals surface area contributed by atoms with Crippen LogP contribution in [-0.4, -0.2) is 11.1 Å². The average Bonchev–Trinajstić information content (AvgIpc) is 2.79. The summed E-state index contributed by atoms with van der Waals surface area (Å²) in [7, 11) is 0. The first-order valence-corrected chi connectivity index (χ1v) is 6.84. The van der Waals surface area contributed by atoms with Crippen molar-refractivity contribution in [3.05, 3.63) is 35.4 Å². The van der Waals surface area contributed by atoms with Crippen molar-refractivity contribution in [1.82, 2.24) is 0 Å². The zero-order chi connectivity index (χ0) is 14.8. The largest absolute Gasteiger partial charge is 0.481 e. The van der Waals surface area contributed by atoms with E-state index in [1.54, 1.807) is 0 Å². The number of halogens is 2. The summed E-state index contributed by atoms with van der Waals surface area (Å²) < 4.78 is 26.9. The molecule has 1 aromatic rings. The molecule has 1 saturated carbocycles. The maximum Gasteiger partial charge on any atom is 0.303 e. The maximum absolute atomic E-state index is 13.7. The summed E-state index contributed by atoms with van der Waals surface area (Å²) >= 11 is 0. The van der Waals surface area contributed by atoms with Crippen molar-refractivity contribution >= 4 is 5.97 Å². The van der Waals surface area contributed by atoms with E-state index in [9.17, 15) is 13.6 Å². The first-order valence-electron chi connectivity index (χ1n) is 6.84. The maximum atomic E-state index is 13.7. The molecule has 1 fully saturated rings. The normalized spacial score (nSPS) is 18.9. The van der Waals surface area contributed by atoms with Gasteiger partial charge in [-0.15, -0.1) is 0 Å². The molecule has 20 heavy (non-hydrogen) atoms. The molecule has 1 aliphatic carbocycles. The lowest BCUT2D eigenvalue weighted by atomic mass is 9.76. The van der Waals surface area contributed by atoms with E-state index in [1.807, 2.05) is 0 Å². The number of aliphatic carboxylic acids is 1. The molecule has 0 bridgehead atoms. The number of carboxylic acid groups (broad SMARTS) is 1. The Morgan fingerprint density at radius 1 is 1.35 bits per heavy atom. The Labute approximate surface area is 116 Å². The van der Waals surface area contributed by atoms with Gasteiger partial charge in [-0.2, -0.15) is 0 Å². The molecule has 0 radical (unpaired) electrons. The summed E-state index contributed by atoms with van der Waals surface area (Å²) in [6.45, 7) is 0. The van der Waals surface area contributed by atoms with Crippen LogP contribution in [0.25, 0.3) is 0 Å². The van der Waals surface area contributed by atoms with Gasteiger partial charge in [0.25, 0.3) is 0 Å². The molecule has 3 nitrogen and oxygen atoms in total. The van der Waals surface area contributed by atoms with Gasteiger partial charge in [-0.05, 0) is 42.9 Å². The van der Waals surface area contributed by atoms with E-state index in [0.29, 0.717) is 6.42 Å². The Hall–Kier alpha value is -1.49. The fourth-order valence-corrected chi connectivity index (χ4v) is 3.27. The predicted molar refractivity (Wildman–Crippen MR) is 71.1 cm³/mol. The topological polar surface area (TPSA) is 63.3 Å². The number of benzene rings is 1. The summed E-state index contributed by atoms with van der Waals surface area (Å²) in [6, 6.07) is 2.53. The fraction of sp³-hybridized carbons (Fsp3) is 0.533. The number of hydrogen-bond acceptors (Lipinski definition) is 2. The number of rotatable bonds is 5. The molecule has 110 valence electrons. The van der Waals surface area contributed by atoms with Crippen LogP contribution in [0.5, 0.6) is 0 Å². The second kappa shape index (κ2) is 5.87. The van der Waals surface area contributed by atoms with Crippen LogP contribution in [0, 0.1) is 17.0 Å². The highest BCUT2D eigenvalue weighted by molar-refractivity contribution is 5.67. The van der Waals surface area contributed by atoms with Crippen LogP contribution >= 0.6 is 0 Å². The number of carbonyl (C=O) groups is 1. The Balaban J connectivity index is 2.18. The van der Waals surface area contributed by atoms with Gasteiger partial charge in [0.1, 0.15) is 11.6 Å². The van der Waals surface area contributed by atoms with Crippen molar-refractivity contribution in [3.8, 4) is 0 Å². The van der Waals surface area contributed by atoms with Gasteiger partial charge in [-0.3, -0.25) is 4.79 Å². The Morgan fingerprint density at radius 2 is 2.00 bits per heavy atom. The van der Waals surface area contributed by atoms with Gasteiger partial charge < -0.3 is 10.8 Å². The lowest BCUT2D eigenvalue weighted by molar-refractivity contribution is -0.139. The monoisotopic (exact) mass is 283 g/mol. The van der Waals surface area contributed by atoms with Crippen LogP contribution in [0.4, 0.5) is 8.78 Å². The van der Waals surface area contributed by atoms with E-state index in [-0.39, 0.29) is 17.4 Å². The Bertz CT molecular complexity index is 499. The number of carboxylic acids is 1. The second-order valence-corrected chi connectivity index (χ2v) is 5.75. The molecular formula is C15H19F2NO2. The van der Waals surface area contributed by atoms with Gasteiger partial charge in [-0.1, -0.05) is 12.8 Å². The van der Waals surface area contributed by atoms with Gasteiger partial charge in [-0.25, -0.2) is 8.78 Å². The van der Waals surface area contributed by atoms with E-state index in [0.717, 1.165) is 43.9 Å². The summed E-state index contributed by atoms with van der Waals surface area (Å²) in [5.74, 6) is -1.93. The molecule has 0 amide bonds. The Morgan fingerprint density at radius 3 is 2.60 bits per heavy atom. The molecule has 0 saturated heterocycles. The second-order valence-electron chi connectivity index (χ2n) is 5.75. The van der Waals surface area contributed by atoms with Crippen molar-refractivity contribution in [1.29, 1.82) is 0 Å². The molecule has 1 aromatic carbocycles. The van der Waals surface area contributed by atoms with Gasteiger partial charge in [0.15, 0.2) is 0 Å². The third kappa shape index (κ3) is 3.33. The average molecular weight is 283 g/mol. The highest BCUT2D eigenvalue weighted by atomic mass is 19.1. The van der Waals surface area contributed by atoms with Crippen molar-refractivity contribution < 1.29 is 18.7 Å². The lowest BCUT2D eigenvalue weighted by Crippen LogP contribution is -2.27. The highest BCUT2D eigenvalue weighted by Crippen LogP contribution is 2.46. The molecule has 0 spiro atoms. The molecule has 1 unspecified atom stereocenters. The fourth-order valence-electron chi connectivity index (χ4n) is 3.27. The van der Waals surface area contributed by atoms with Gasteiger partial charge in [0.2, 0.25) is 0 Å². The number of nitrogens with two attached hydrogens (primary N) is 1. The minimum atomic E-state index is -0.862. The number of hydrogen-bond donors (Lipinski definition) is 2. The van der Waals surface area contributed by atoms with E-state index in [4.69, 9.17) is 10.8 Å². The van der Waals surface area contributed by atoms with Crippen LogP contribution in [0.1, 0.15) is 50.1 Å². The molecule has 3 N–H and O–H groups in total. The first kappa shape index (κ1) is 14.9. The van der Waals surface area contributed by atoms with E-state index in [1.165, 1.54) is 0 Å². The predicted octanol–water partition coefficient (Wildman–Crippen LogP) is 3.39. The van der Waals surface area contributed by atoms with Crippen LogP contribution in [0.2, 0.25) is 0 Å². The first-order chi connectivity index (χ1) is 9.42. The van der Waals surface area contributed by atoms with Crippen molar-refractivity contribution in [3.63, 3.8) is 0 Å². The molecule has 0 aromatic heterocycles. The Kier molecular flexibility index (Phi) is 4.38. The molecule has 1 atom stereocenters.